The van der Waals surface area contributed by atoms with Crippen LogP contribution in [0, 0.1) is 5.92 Å². The Morgan fingerprint density at radius 1 is 1.29 bits per heavy atom. The van der Waals surface area contributed by atoms with E-state index in [1.165, 1.54) is 0 Å². The van der Waals surface area contributed by atoms with Crippen LogP contribution in [0.15, 0.2) is 28.7 Å². The molecular formula is C13H15BrN2O. The lowest BCUT2D eigenvalue weighted by molar-refractivity contribution is -0.117. The van der Waals surface area contributed by atoms with Crippen molar-refractivity contribution in [1.29, 1.82) is 0 Å². The van der Waals surface area contributed by atoms with Gasteiger partial charge in [0.15, 0.2) is 0 Å². The van der Waals surface area contributed by atoms with Gasteiger partial charge in [-0.15, -0.1) is 0 Å². The fourth-order valence-electron chi connectivity index (χ4n) is 2.88. The van der Waals surface area contributed by atoms with E-state index < -0.39 is 0 Å². The first kappa shape index (κ1) is 11.2. The molecule has 0 aliphatic carbocycles. The largest absolute Gasteiger partial charge is 0.315 e. The van der Waals surface area contributed by atoms with Gasteiger partial charge in [-0.25, -0.2) is 0 Å². The van der Waals surface area contributed by atoms with E-state index in [2.05, 4.69) is 21.2 Å². The fraction of sp³-hybridized carbons (Fsp3) is 0.462. The van der Waals surface area contributed by atoms with Gasteiger partial charge in [0.1, 0.15) is 0 Å². The first-order valence-corrected chi connectivity index (χ1v) is 6.83. The number of nitrogens with zero attached hydrogens (tertiary/aromatic N) is 1. The van der Waals surface area contributed by atoms with Crippen molar-refractivity contribution < 1.29 is 4.79 Å². The monoisotopic (exact) mass is 294 g/mol. The number of hydrogen-bond acceptors (Lipinski definition) is 2. The van der Waals surface area contributed by atoms with E-state index >= 15 is 0 Å². The Labute approximate surface area is 109 Å². The lowest BCUT2D eigenvalue weighted by Crippen LogP contribution is -2.46. The Kier molecular flexibility index (Phi) is 2.92. The van der Waals surface area contributed by atoms with E-state index in [4.69, 9.17) is 0 Å². The summed E-state index contributed by atoms with van der Waals surface area (Å²) in [4.78, 5) is 14.1. The van der Waals surface area contributed by atoms with Crippen LogP contribution < -0.4 is 10.2 Å². The lowest BCUT2D eigenvalue weighted by Gasteiger charge is -2.32. The zero-order valence-corrected chi connectivity index (χ0v) is 11.1. The summed E-state index contributed by atoms with van der Waals surface area (Å²) in [6, 6.07) is 8.36. The van der Waals surface area contributed by atoms with Crippen LogP contribution in [0.3, 0.4) is 0 Å². The topological polar surface area (TPSA) is 32.3 Å². The molecule has 3 rings (SSSR count). The highest BCUT2D eigenvalue weighted by molar-refractivity contribution is 9.10. The molecule has 2 aliphatic rings. The van der Waals surface area contributed by atoms with Crippen molar-refractivity contribution in [2.45, 2.75) is 18.9 Å². The van der Waals surface area contributed by atoms with Crippen molar-refractivity contribution in [3.63, 3.8) is 0 Å². The standard InChI is InChI=1S/C13H15BrN2O/c14-10-1-3-11(4-2-10)16-12-8-15-6-5-9(12)7-13(16)17/h1-4,9,12,15H,5-8H2. The molecule has 2 heterocycles. The molecule has 0 radical (unpaired) electrons. The van der Waals surface area contributed by atoms with Crippen LogP contribution in [0.5, 0.6) is 0 Å². The summed E-state index contributed by atoms with van der Waals surface area (Å²) < 4.78 is 1.05. The van der Waals surface area contributed by atoms with Gasteiger partial charge in [-0.1, -0.05) is 15.9 Å². The summed E-state index contributed by atoms with van der Waals surface area (Å²) in [7, 11) is 0. The number of benzene rings is 1. The van der Waals surface area contributed by atoms with E-state index in [0.29, 0.717) is 18.4 Å². The number of halogens is 1. The van der Waals surface area contributed by atoms with E-state index in [-0.39, 0.29) is 5.91 Å². The first-order valence-electron chi connectivity index (χ1n) is 6.04. The van der Waals surface area contributed by atoms with Gasteiger partial charge in [0.2, 0.25) is 5.91 Å². The van der Waals surface area contributed by atoms with Gasteiger partial charge in [-0.05, 0) is 43.1 Å². The van der Waals surface area contributed by atoms with Gasteiger partial charge in [0.05, 0.1) is 6.04 Å². The summed E-state index contributed by atoms with van der Waals surface area (Å²) in [5.41, 5.74) is 1.02. The maximum absolute atomic E-state index is 12.1. The first-order chi connectivity index (χ1) is 8.25. The fourth-order valence-corrected chi connectivity index (χ4v) is 3.15. The van der Waals surface area contributed by atoms with Crippen molar-refractivity contribution in [3.05, 3.63) is 28.7 Å². The smallest absolute Gasteiger partial charge is 0.227 e. The molecule has 1 aromatic rings. The Hall–Kier alpha value is -0.870. The van der Waals surface area contributed by atoms with Gasteiger partial charge in [0.25, 0.3) is 0 Å². The molecule has 2 atom stereocenters. The third-order valence-electron chi connectivity index (χ3n) is 3.73. The van der Waals surface area contributed by atoms with Gasteiger partial charge >= 0.3 is 0 Å². The molecular weight excluding hydrogens is 280 g/mol. The Morgan fingerprint density at radius 3 is 2.82 bits per heavy atom. The van der Waals surface area contributed by atoms with Crippen molar-refractivity contribution in [3.8, 4) is 0 Å². The van der Waals surface area contributed by atoms with Crippen LogP contribution in [0.4, 0.5) is 5.69 Å². The summed E-state index contributed by atoms with van der Waals surface area (Å²) in [6.45, 7) is 1.97. The molecule has 1 amide bonds. The molecule has 4 heteroatoms. The molecule has 90 valence electrons. The molecule has 3 nitrogen and oxygen atoms in total. The van der Waals surface area contributed by atoms with E-state index in [0.717, 1.165) is 29.7 Å². The molecule has 2 unspecified atom stereocenters. The predicted molar refractivity (Wildman–Crippen MR) is 71.0 cm³/mol. The predicted octanol–water partition coefficient (Wildman–Crippen LogP) is 2.16. The number of fused-ring (bicyclic) bond motifs is 1. The van der Waals surface area contributed by atoms with Crippen molar-refractivity contribution in [2.24, 2.45) is 5.92 Å². The summed E-state index contributed by atoms with van der Waals surface area (Å²) in [5, 5.41) is 3.38. The number of carbonyl (C=O) groups is 1. The highest BCUT2D eigenvalue weighted by Crippen LogP contribution is 2.34. The van der Waals surface area contributed by atoms with Crippen LogP contribution in [-0.4, -0.2) is 25.0 Å². The van der Waals surface area contributed by atoms with Gasteiger partial charge in [-0.2, -0.15) is 0 Å². The average Bonchev–Trinajstić information content (AvgIpc) is 2.66. The summed E-state index contributed by atoms with van der Waals surface area (Å²) in [5.74, 6) is 0.804. The average molecular weight is 295 g/mol. The minimum atomic E-state index is 0.269. The number of nitrogens with one attached hydrogen (secondary N) is 1. The summed E-state index contributed by atoms with van der Waals surface area (Å²) >= 11 is 3.42. The zero-order chi connectivity index (χ0) is 11.8. The molecule has 17 heavy (non-hydrogen) atoms. The molecule has 0 spiro atoms. The van der Waals surface area contributed by atoms with Crippen LogP contribution in [0.25, 0.3) is 0 Å². The number of carbonyl (C=O) groups excluding carboxylic acids is 1. The number of rotatable bonds is 1. The van der Waals surface area contributed by atoms with E-state index in [1.807, 2.05) is 29.2 Å². The van der Waals surface area contributed by atoms with Crippen LogP contribution in [-0.2, 0) is 4.79 Å². The van der Waals surface area contributed by atoms with Gasteiger partial charge in [0, 0.05) is 23.1 Å². The number of hydrogen-bond donors (Lipinski definition) is 1. The third-order valence-corrected chi connectivity index (χ3v) is 4.26. The lowest BCUT2D eigenvalue weighted by atomic mass is 9.93. The molecule has 0 saturated carbocycles. The van der Waals surface area contributed by atoms with Gasteiger partial charge < -0.3 is 10.2 Å². The second-order valence-electron chi connectivity index (χ2n) is 4.76. The van der Waals surface area contributed by atoms with E-state index in [9.17, 15) is 4.79 Å². The maximum atomic E-state index is 12.1. The number of piperidine rings is 1. The second kappa shape index (κ2) is 4.42. The highest BCUT2D eigenvalue weighted by Gasteiger charge is 2.41. The molecule has 2 fully saturated rings. The highest BCUT2D eigenvalue weighted by atomic mass is 79.9. The molecule has 1 N–H and O–H groups in total. The minimum Gasteiger partial charge on any atom is -0.315 e. The molecule has 2 aliphatic heterocycles. The Morgan fingerprint density at radius 2 is 2.06 bits per heavy atom. The second-order valence-corrected chi connectivity index (χ2v) is 5.68. The van der Waals surface area contributed by atoms with Crippen LogP contribution >= 0.6 is 15.9 Å². The molecule has 2 saturated heterocycles. The van der Waals surface area contributed by atoms with Crippen LogP contribution in [0.2, 0.25) is 0 Å². The zero-order valence-electron chi connectivity index (χ0n) is 9.53. The maximum Gasteiger partial charge on any atom is 0.227 e. The third kappa shape index (κ3) is 2.00. The summed E-state index contributed by atoms with van der Waals surface area (Å²) in [6.07, 6.45) is 1.83. The Bertz CT molecular complexity index is 432. The molecule has 0 bridgehead atoms. The van der Waals surface area contributed by atoms with Crippen molar-refractivity contribution in [2.75, 3.05) is 18.0 Å². The van der Waals surface area contributed by atoms with E-state index in [1.54, 1.807) is 0 Å². The number of amides is 1. The Balaban J connectivity index is 1.90. The normalized spacial score (nSPS) is 28.3. The molecule has 0 aromatic heterocycles. The SMILES string of the molecule is O=C1CC2CCNCC2N1c1ccc(Br)cc1. The minimum absolute atomic E-state index is 0.269. The quantitative estimate of drug-likeness (QED) is 0.861. The van der Waals surface area contributed by atoms with Crippen molar-refractivity contribution >= 4 is 27.5 Å². The van der Waals surface area contributed by atoms with Gasteiger partial charge in [-0.3, -0.25) is 4.79 Å². The van der Waals surface area contributed by atoms with Crippen LogP contribution in [0.1, 0.15) is 12.8 Å². The number of anilines is 1. The van der Waals surface area contributed by atoms with Crippen molar-refractivity contribution in [1.82, 2.24) is 5.32 Å². The molecule has 1 aromatic carbocycles.